The van der Waals surface area contributed by atoms with Crippen LogP contribution in [0.5, 0.6) is 0 Å². The fraction of sp³-hybridized carbons (Fsp3) is 0.538. The Morgan fingerprint density at radius 2 is 2.00 bits per heavy atom. The first-order valence-corrected chi connectivity index (χ1v) is 5.74. The van der Waals surface area contributed by atoms with Crippen molar-refractivity contribution in [2.45, 2.75) is 31.9 Å². The van der Waals surface area contributed by atoms with E-state index in [1.54, 1.807) is 0 Å². The van der Waals surface area contributed by atoms with E-state index in [0.717, 1.165) is 11.5 Å². The Bertz CT molecular complexity index is 295. The molecule has 2 N–H and O–H groups in total. The Morgan fingerprint density at radius 1 is 1.33 bits per heavy atom. The monoisotopic (exact) mass is 205 g/mol. The van der Waals surface area contributed by atoms with E-state index in [9.17, 15) is 5.11 Å². The van der Waals surface area contributed by atoms with E-state index >= 15 is 0 Å². The summed E-state index contributed by atoms with van der Waals surface area (Å²) in [5, 5.41) is 13.3. The molecule has 0 spiro atoms. The zero-order chi connectivity index (χ0) is 10.7. The summed E-state index contributed by atoms with van der Waals surface area (Å²) in [5.74, 6) is 0.841. The molecule has 0 aromatic heterocycles. The zero-order valence-electron chi connectivity index (χ0n) is 9.19. The summed E-state index contributed by atoms with van der Waals surface area (Å²) in [6.07, 6.45) is 2.30. The molecule has 1 aliphatic carbocycles. The molecular formula is C13H19NO. The van der Waals surface area contributed by atoms with Crippen LogP contribution < -0.4 is 5.32 Å². The maximum Gasteiger partial charge on any atom is 0.0914 e. The fourth-order valence-electron chi connectivity index (χ4n) is 1.85. The molecule has 2 rings (SSSR count). The number of benzene rings is 1. The van der Waals surface area contributed by atoms with Gasteiger partial charge in [-0.1, -0.05) is 30.3 Å². The van der Waals surface area contributed by atoms with Crippen molar-refractivity contribution in [2.24, 2.45) is 5.92 Å². The van der Waals surface area contributed by atoms with E-state index in [4.69, 9.17) is 0 Å². The average molecular weight is 205 g/mol. The fourth-order valence-corrected chi connectivity index (χ4v) is 1.85. The zero-order valence-corrected chi connectivity index (χ0v) is 9.19. The minimum absolute atomic E-state index is 0.382. The minimum atomic E-state index is -0.382. The molecule has 0 saturated heterocycles. The van der Waals surface area contributed by atoms with Crippen molar-refractivity contribution in [3.05, 3.63) is 35.9 Å². The van der Waals surface area contributed by atoms with Gasteiger partial charge in [-0.3, -0.25) is 0 Å². The third-order valence-corrected chi connectivity index (χ3v) is 3.15. The second-order valence-corrected chi connectivity index (χ2v) is 4.46. The number of nitrogens with one attached hydrogen (secondary N) is 1. The number of rotatable bonds is 5. The number of aliphatic hydroxyl groups is 1. The second kappa shape index (κ2) is 4.77. The van der Waals surface area contributed by atoms with Crippen LogP contribution in [0, 0.1) is 5.92 Å². The molecule has 2 nitrogen and oxygen atoms in total. The first kappa shape index (κ1) is 10.7. The molecular weight excluding hydrogens is 186 g/mol. The van der Waals surface area contributed by atoms with Gasteiger partial charge in [-0.25, -0.2) is 0 Å². The van der Waals surface area contributed by atoms with Gasteiger partial charge in [-0.2, -0.15) is 0 Å². The van der Waals surface area contributed by atoms with Gasteiger partial charge in [0, 0.05) is 12.6 Å². The maximum absolute atomic E-state index is 9.91. The van der Waals surface area contributed by atoms with Crippen LogP contribution in [-0.2, 0) is 0 Å². The number of aliphatic hydroxyl groups excluding tert-OH is 1. The standard InChI is InChI=1S/C13H19NO/c1-10(11-7-8-11)14-9-13(15)12-5-3-2-4-6-12/h2-6,10-11,13-15H,7-9H2,1H3. The van der Waals surface area contributed by atoms with E-state index < -0.39 is 0 Å². The minimum Gasteiger partial charge on any atom is -0.387 e. The third kappa shape index (κ3) is 3.05. The Balaban J connectivity index is 1.79. The highest BCUT2D eigenvalue weighted by Crippen LogP contribution is 2.32. The predicted octanol–water partition coefficient (Wildman–Crippen LogP) is 2.11. The van der Waals surface area contributed by atoms with Crippen LogP contribution in [0.15, 0.2) is 30.3 Å². The molecule has 1 aromatic carbocycles. The largest absolute Gasteiger partial charge is 0.387 e. The van der Waals surface area contributed by atoms with Crippen molar-refractivity contribution in [3.8, 4) is 0 Å². The lowest BCUT2D eigenvalue weighted by Crippen LogP contribution is -2.31. The molecule has 0 radical (unpaired) electrons. The smallest absolute Gasteiger partial charge is 0.0914 e. The highest BCUT2D eigenvalue weighted by Gasteiger charge is 2.27. The molecule has 1 saturated carbocycles. The van der Waals surface area contributed by atoms with Gasteiger partial charge in [-0.05, 0) is 31.2 Å². The van der Waals surface area contributed by atoms with Gasteiger partial charge in [0.15, 0.2) is 0 Å². The van der Waals surface area contributed by atoms with Crippen molar-refractivity contribution < 1.29 is 5.11 Å². The molecule has 0 amide bonds. The quantitative estimate of drug-likeness (QED) is 0.771. The van der Waals surface area contributed by atoms with Crippen molar-refractivity contribution in [2.75, 3.05) is 6.54 Å². The van der Waals surface area contributed by atoms with E-state index in [-0.39, 0.29) is 6.10 Å². The van der Waals surface area contributed by atoms with Gasteiger partial charge in [-0.15, -0.1) is 0 Å². The molecule has 0 aliphatic heterocycles. The molecule has 1 fully saturated rings. The SMILES string of the molecule is CC(NCC(O)c1ccccc1)C1CC1. The van der Waals surface area contributed by atoms with Crippen molar-refractivity contribution in [3.63, 3.8) is 0 Å². The van der Waals surface area contributed by atoms with Gasteiger partial charge in [0.1, 0.15) is 0 Å². The first-order chi connectivity index (χ1) is 7.27. The number of hydrogen-bond acceptors (Lipinski definition) is 2. The average Bonchev–Trinajstić information content (AvgIpc) is 3.10. The maximum atomic E-state index is 9.91. The van der Waals surface area contributed by atoms with E-state index in [0.29, 0.717) is 12.6 Å². The lowest BCUT2D eigenvalue weighted by molar-refractivity contribution is 0.169. The van der Waals surface area contributed by atoms with Crippen LogP contribution >= 0.6 is 0 Å². The Kier molecular flexibility index (Phi) is 3.39. The van der Waals surface area contributed by atoms with Crippen LogP contribution in [0.2, 0.25) is 0 Å². The van der Waals surface area contributed by atoms with Crippen LogP contribution in [0.1, 0.15) is 31.4 Å². The van der Waals surface area contributed by atoms with Gasteiger partial charge >= 0.3 is 0 Å². The summed E-state index contributed by atoms with van der Waals surface area (Å²) in [5.41, 5.74) is 0.994. The number of hydrogen-bond donors (Lipinski definition) is 2. The molecule has 0 bridgehead atoms. The van der Waals surface area contributed by atoms with Crippen LogP contribution in [0.25, 0.3) is 0 Å². The van der Waals surface area contributed by atoms with Crippen molar-refractivity contribution >= 4 is 0 Å². The van der Waals surface area contributed by atoms with E-state index in [1.165, 1.54) is 12.8 Å². The van der Waals surface area contributed by atoms with Gasteiger partial charge in [0.2, 0.25) is 0 Å². The molecule has 2 unspecified atom stereocenters. The van der Waals surface area contributed by atoms with Gasteiger partial charge in [0.25, 0.3) is 0 Å². The van der Waals surface area contributed by atoms with Crippen molar-refractivity contribution in [1.82, 2.24) is 5.32 Å². The Morgan fingerprint density at radius 3 is 2.60 bits per heavy atom. The lowest BCUT2D eigenvalue weighted by Gasteiger charge is -2.16. The highest BCUT2D eigenvalue weighted by molar-refractivity contribution is 5.17. The lowest BCUT2D eigenvalue weighted by atomic mass is 10.1. The summed E-state index contributed by atoms with van der Waals surface area (Å²) < 4.78 is 0. The summed E-state index contributed by atoms with van der Waals surface area (Å²) in [6, 6.07) is 10.4. The molecule has 82 valence electrons. The van der Waals surface area contributed by atoms with Gasteiger partial charge in [0.05, 0.1) is 6.10 Å². The highest BCUT2D eigenvalue weighted by atomic mass is 16.3. The topological polar surface area (TPSA) is 32.3 Å². The molecule has 1 aliphatic rings. The van der Waals surface area contributed by atoms with Crippen LogP contribution in [0.4, 0.5) is 0 Å². The van der Waals surface area contributed by atoms with Crippen molar-refractivity contribution in [1.29, 1.82) is 0 Å². The van der Waals surface area contributed by atoms with E-state index in [1.807, 2.05) is 30.3 Å². The summed E-state index contributed by atoms with van der Waals surface area (Å²) in [6.45, 7) is 2.86. The first-order valence-electron chi connectivity index (χ1n) is 5.74. The Hall–Kier alpha value is -0.860. The predicted molar refractivity (Wildman–Crippen MR) is 61.6 cm³/mol. The second-order valence-electron chi connectivity index (χ2n) is 4.46. The molecule has 2 heteroatoms. The molecule has 15 heavy (non-hydrogen) atoms. The normalized spacial score (nSPS) is 19.9. The molecule has 2 atom stereocenters. The summed E-state index contributed by atoms with van der Waals surface area (Å²) in [7, 11) is 0. The third-order valence-electron chi connectivity index (χ3n) is 3.15. The summed E-state index contributed by atoms with van der Waals surface area (Å²) in [4.78, 5) is 0. The van der Waals surface area contributed by atoms with Gasteiger partial charge < -0.3 is 10.4 Å². The van der Waals surface area contributed by atoms with Crippen LogP contribution in [0.3, 0.4) is 0 Å². The van der Waals surface area contributed by atoms with E-state index in [2.05, 4.69) is 12.2 Å². The molecule has 1 aromatic rings. The van der Waals surface area contributed by atoms with Crippen LogP contribution in [-0.4, -0.2) is 17.7 Å². The Labute approximate surface area is 91.3 Å². The molecule has 0 heterocycles. The summed E-state index contributed by atoms with van der Waals surface area (Å²) >= 11 is 0.